The van der Waals surface area contributed by atoms with Crippen molar-refractivity contribution < 1.29 is 8.78 Å². The van der Waals surface area contributed by atoms with Gasteiger partial charge in [-0.2, -0.15) is 0 Å². The maximum absolute atomic E-state index is 13.3. The summed E-state index contributed by atoms with van der Waals surface area (Å²) in [7, 11) is 0. The number of anilines is 1. The van der Waals surface area contributed by atoms with E-state index in [2.05, 4.69) is 9.97 Å². The molecule has 3 nitrogen and oxygen atoms in total. The molecule has 2 rings (SSSR count). The number of nitrogens with zero attached hydrogens (tertiary/aromatic N) is 1. The monoisotopic (exact) mass is 229 g/mol. The number of halogens is 3. The van der Waals surface area contributed by atoms with Crippen molar-refractivity contribution >= 4 is 17.5 Å². The Labute approximate surface area is 88.9 Å². The summed E-state index contributed by atoms with van der Waals surface area (Å²) in [5.74, 6) is -1.31. The number of aromatic nitrogens is 2. The lowest BCUT2D eigenvalue weighted by molar-refractivity contribution is 0.585. The fourth-order valence-corrected chi connectivity index (χ4v) is 1.47. The van der Waals surface area contributed by atoms with Crippen LogP contribution in [0.1, 0.15) is 0 Å². The number of nitrogens with one attached hydrogen (secondary N) is 1. The van der Waals surface area contributed by atoms with Gasteiger partial charge in [-0.05, 0) is 12.1 Å². The van der Waals surface area contributed by atoms with E-state index in [1.54, 1.807) is 0 Å². The molecule has 0 fully saturated rings. The van der Waals surface area contributed by atoms with Gasteiger partial charge in [-0.25, -0.2) is 13.8 Å². The Morgan fingerprint density at radius 3 is 2.60 bits per heavy atom. The third kappa shape index (κ3) is 1.78. The number of aromatic amines is 1. The quantitative estimate of drug-likeness (QED) is 0.790. The SMILES string of the molecule is Nc1nc(-c2ccc(F)cc2F)c(Cl)[nH]1. The van der Waals surface area contributed by atoms with E-state index < -0.39 is 11.6 Å². The second kappa shape index (κ2) is 3.51. The van der Waals surface area contributed by atoms with Crippen molar-refractivity contribution in [2.75, 3.05) is 5.73 Å². The van der Waals surface area contributed by atoms with E-state index in [1.807, 2.05) is 0 Å². The summed E-state index contributed by atoms with van der Waals surface area (Å²) in [6.07, 6.45) is 0. The van der Waals surface area contributed by atoms with Crippen molar-refractivity contribution in [3.63, 3.8) is 0 Å². The molecule has 0 bridgehead atoms. The highest BCUT2D eigenvalue weighted by molar-refractivity contribution is 6.32. The Morgan fingerprint density at radius 1 is 1.33 bits per heavy atom. The normalized spacial score (nSPS) is 10.6. The van der Waals surface area contributed by atoms with Gasteiger partial charge in [0.25, 0.3) is 0 Å². The number of rotatable bonds is 1. The van der Waals surface area contributed by atoms with E-state index in [1.165, 1.54) is 6.07 Å². The molecule has 78 valence electrons. The van der Waals surface area contributed by atoms with Crippen LogP contribution in [0, 0.1) is 11.6 Å². The molecule has 0 saturated carbocycles. The zero-order valence-electron chi connectivity index (χ0n) is 7.39. The van der Waals surface area contributed by atoms with Gasteiger partial charge in [0.05, 0.1) is 0 Å². The molecule has 0 radical (unpaired) electrons. The van der Waals surface area contributed by atoms with Crippen molar-refractivity contribution in [3.8, 4) is 11.3 Å². The predicted molar refractivity (Wildman–Crippen MR) is 53.4 cm³/mol. The van der Waals surface area contributed by atoms with Crippen LogP contribution in [0.15, 0.2) is 18.2 Å². The van der Waals surface area contributed by atoms with E-state index in [0.29, 0.717) is 0 Å². The van der Waals surface area contributed by atoms with E-state index >= 15 is 0 Å². The summed E-state index contributed by atoms with van der Waals surface area (Å²) in [5, 5.41) is 0.123. The first kappa shape index (κ1) is 9.92. The van der Waals surface area contributed by atoms with Crippen molar-refractivity contribution in [1.82, 2.24) is 9.97 Å². The average Bonchev–Trinajstić information content (AvgIpc) is 2.45. The lowest BCUT2D eigenvalue weighted by Gasteiger charge is -1.99. The molecule has 1 aromatic heterocycles. The number of imidazole rings is 1. The Hall–Kier alpha value is -1.62. The summed E-state index contributed by atoms with van der Waals surface area (Å²) in [6.45, 7) is 0. The van der Waals surface area contributed by atoms with Crippen molar-refractivity contribution in [2.45, 2.75) is 0 Å². The minimum absolute atomic E-state index is 0.0822. The summed E-state index contributed by atoms with van der Waals surface area (Å²) in [4.78, 5) is 6.32. The number of hydrogen-bond acceptors (Lipinski definition) is 2. The highest BCUT2D eigenvalue weighted by Gasteiger charge is 2.13. The van der Waals surface area contributed by atoms with Crippen LogP contribution in [0.2, 0.25) is 5.15 Å². The van der Waals surface area contributed by atoms with E-state index in [0.717, 1.165) is 12.1 Å². The first-order chi connectivity index (χ1) is 7.08. The molecule has 0 aliphatic rings. The van der Waals surface area contributed by atoms with Crippen molar-refractivity contribution in [2.24, 2.45) is 0 Å². The molecule has 1 heterocycles. The molecule has 0 saturated heterocycles. The molecular weight excluding hydrogens is 224 g/mol. The maximum atomic E-state index is 13.3. The number of benzene rings is 1. The van der Waals surface area contributed by atoms with Gasteiger partial charge in [-0.3, -0.25) is 0 Å². The number of nitrogen functional groups attached to an aromatic ring is 1. The molecule has 6 heteroatoms. The van der Waals surface area contributed by atoms with Crippen LogP contribution in [-0.4, -0.2) is 9.97 Å². The summed E-state index contributed by atoms with van der Waals surface area (Å²) in [5.41, 5.74) is 5.63. The smallest absolute Gasteiger partial charge is 0.199 e. The molecule has 0 aliphatic heterocycles. The molecule has 0 amide bonds. The van der Waals surface area contributed by atoms with Gasteiger partial charge in [0, 0.05) is 11.6 Å². The fraction of sp³-hybridized carbons (Fsp3) is 0. The predicted octanol–water partition coefficient (Wildman–Crippen LogP) is 2.59. The van der Waals surface area contributed by atoms with E-state index in [-0.39, 0.29) is 22.4 Å². The Kier molecular flexibility index (Phi) is 2.32. The van der Waals surface area contributed by atoms with E-state index in [4.69, 9.17) is 17.3 Å². The van der Waals surface area contributed by atoms with Gasteiger partial charge in [0.2, 0.25) is 0 Å². The second-order valence-corrected chi connectivity index (χ2v) is 3.29. The number of nitrogens with two attached hydrogens (primary N) is 1. The van der Waals surface area contributed by atoms with Crippen LogP contribution in [0.5, 0.6) is 0 Å². The standard InChI is InChI=1S/C9H6ClF2N3/c10-8-7(14-9(13)15-8)5-2-1-4(11)3-6(5)12/h1-3H,(H3,13,14,15). The Morgan fingerprint density at radius 2 is 2.07 bits per heavy atom. The van der Waals surface area contributed by atoms with Crippen LogP contribution >= 0.6 is 11.6 Å². The Bertz CT molecular complexity index is 510. The molecule has 2 aromatic rings. The molecular formula is C9H6ClF2N3. The lowest BCUT2D eigenvalue weighted by Crippen LogP contribution is -1.88. The molecule has 0 aliphatic carbocycles. The zero-order valence-corrected chi connectivity index (χ0v) is 8.15. The highest BCUT2D eigenvalue weighted by atomic mass is 35.5. The zero-order chi connectivity index (χ0) is 11.0. The van der Waals surface area contributed by atoms with Gasteiger partial charge >= 0.3 is 0 Å². The topological polar surface area (TPSA) is 54.7 Å². The van der Waals surface area contributed by atoms with Crippen LogP contribution in [0.25, 0.3) is 11.3 Å². The highest BCUT2D eigenvalue weighted by Crippen LogP contribution is 2.28. The molecule has 0 spiro atoms. The average molecular weight is 230 g/mol. The molecule has 0 atom stereocenters. The van der Waals surface area contributed by atoms with Gasteiger partial charge in [0.1, 0.15) is 22.5 Å². The summed E-state index contributed by atoms with van der Waals surface area (Å²) >= 11 is 5.73. The third-order valence-electron chi connectivity index (χ3n) is 1.86. The minimum atomic E-state index is -0.733. The lowest BCUT2D eigenvalue weighted by atomic mass is 10.1. The van der Waals surface area contributed by atoms with Crippen molar-refractivity contribution in [3.05, 3.63) is 35.0 Å². The first-order valence-electron chi connectivity index (χ1n) is 4.04. The molecule has 15 heavy (non-hydrogen) atoms. The van der Waals surface area contributed by atoms with E-state index in [9.17, 15) is 8.78 Å². The molecule has 0 unspecified atom stereocenters. The molecule has 1 aromatic carbocycles. The van der Waals surface area contributed by atoms with Crippen LogP contribution < -0.4 is 5.73 Å². The van der Waals surface area contributed by atoms with Gasteiger partial charge in [-0.15, -0.1) is 0 Å². The van der Waals surface area contributed by atoms with Crippen LogP contribution in [0.4, 0.5) is 14.7 Å². The fourth-order valence-electron chi connectivity index (χ4n) is 1.23. The largest absolute Gasteiger partial charge is 0.369 e. The van der Waals surface area contributed by atoms with Crippen LogP contribution in [0.3, 0.4) is 0 Å². The Balaban J connectivity index is 2.59. The summed E-state index contributed by atoms with van der Waals surface area (Å²) in [6, 6.07) is 3.14. The minimum Gasteiger partial charge on any atom is -0.369 e. The van der Waals surface area contributed by atoms with Gasteiger partial charge in [-0.1, -0.05) is 11.6 Å². The summed E-state index contributed by atoms with van der Waals surface area (Å²) < 4.78 is 26.0. The second-order valence-electron chi connectivity index (χ2n) is 2.91. The third-order valence-corrected chi connectivity index (χ3v) is 2.14. The first-order valence-corrected chi connectivity index (χ1v) is 4.42. The van der Waals surface area contributed by atoms with Gasteiger partial charge < -0.3 is 10.7 Å². The number of hydrogen-bond donors (Lipinski definition) is 2. The van der Waals surface area contributed by atoms with Crippen LogP contribution in [-0.2, 0) is 0 Å². The van der Waals surface area contributed by atoms with Crippen molar-refractivity contribution in [1.29, 1.82) is 0 Å². The maximum Gasteiger partial charge on any atom is 0.199 e. The van der Waals surface area contributed by atoms with Gasteiger partial charge in [0.15, 0.2) is 5.95 Å². The molecule has 3 N–H and O–H groups in total. The number of H-pyrrole nitrogens is 1.